The molecule has 1 amide bonds. The summed E-state index contributed by atoms with van der Waals surface area (Å²) in [4.78, 5) is 16.7. The van der Waals surface area contributed by atoms with Gasteiger partial charge in [0.25, 0.3) is 5.91 Å². The number of carbonyl (C=O) groups excluding carboxylic acids is 1. The minimum absolute atomic E-state index is 0.322. The van der Waals surface area contributed by atoms with Crippen LogP contribution < -0.4 is 20.1 Å². The van der Waals surface area contributed by atoms with Crippen LogP contribution in [-0.4, -0.2) is 25.1 Å². The van der Waals surface area contributed by atoms with Gasteiger partial charge in [-0.3, -0.25) is 4.79 Å². The van der Waals surface area contributed by atoms with Crippen molar-refractivity contribution in [3.8, 4) is 17.6 Å². The van der Waals surface area contributed by atoms with Gasteiger partial charge in [-0.05, 0) is 48.5 Å². The van der Waals surface area contributed by atoms with E-state index in [-0.39, 0.29) is 5.91 Å². The van der Waals surface area contributed by atoms with Gasteiger partial charge in [0, 0.05) is 17.3 Å². The van der Waals surface area contributed by atoms with Gasteiger partial charge in [-0.15, -0.1) is 0 Å². The molecule has 3 aromatic rings. The quantitative estimate of drug-likeness (QED) is 0.678. The second-order valence-electron chi connectivity index (χ2n) is 5.80. The predicted octanol–water partition coefficient (Wildman–Crippen LogP) is 3.97. The molecule has 1 aromatic heterocycles. The van der Waals surface area contributed by atoms with Crippen molar-refractivity contribution in [2.75, 3.05) is 24.9 Å². The van der Waals surface area contributed by atoms with Crippen molar-refractivity contribution in [2.45, 2.75) is 0 Å². The Morgan fingerprint density at radius 3 is 2.14 bits per heavy atom. The van der Waals surface area contributed by atoms with Crippen molar-refractivity contribution in [3.05, 3.63) is 71.9 Å². The Labute approximate surface area is 162 Å². The number of pyridine rings is 1. The molecule has 28 heavy (non-hydrogen) atoms. The third-order valence-corrected chi connectivity index (χ3v) is 3.92. The Balaban J connectivity index is 1.68. The molecular weight excluding hydrogens is 356 g/mol. The van der Waals surface area contributed by atoms with Crippen LogP contribution in [0.3, 0.4) is 0 Å². The fourth-order valence-electron chi connectivity index (χ4n) is 2.46. The van der Waals surface area contributed by atoms with Gasteiger partial charge >= 0.3 is 0 Å². The van der Waals surface area contributed by atoms with E-state index in [0.717, 1.165) is 11.4 Å². The second-order valence-corrected chi connectivity index (χ2v) is 5.80. The monoisotopic (exact) mass is 374 g/mol. The van der Waals surface area contributed by atoms with Gasteiger partial charge in [0.15, 0.2) is 0 Å². The van der Waals surface area contributed by atoms with Crippen LogP contribution in [0, 0.1) is 11.3 Å². The molecule has 0 saturated carbocycles. The van der Waals surface area contributed by atoms with Crippen molar-refractivity contribution in [3.63, 3.8) is 0 Å². The van der Waals surface area contributed by atoms with E-state index in [2.05, 4.69) is 21.7 Å². The summed E-state index contributed by atoms with van der Waals surface area (Å²) >= 11 is 0. The molecule has 2 N–H and O–H groups in total. The van der Waals surface area contributed by atoms with Crippen LogP contribution >= 0.6 is 0 Å². The highest BCUT2D eigenvalue weighted by Gasteiger charge is 2.11. The number of hydrogen-bond donors (Lipinski definition) is 2. The summed E-state index contributed by atoms with van der Waals surface area (Å²) < 4.78 is 10.4. The largest absolute Gasteiger partial charge is 0.497 e. The Morgan fingerprint density at radius 2 is 1.61 bits per heavy atom. The Hall–Kier alpha value is -4.05. The first kappa shape index (κ1) is 18.7. The Kier molecular flexibility index (Phi) is 5.72. The highest BCUT2D eigenvalue weighted by Crippen LogP contribution is 2.23. The minimum atomic E-state index is -0.322. The van der Waals surface area contributed by atoms with Crippen LogP contribution in [0.2, 0.25) is 0 Å². The van der Waals surface area contributed by atoms with Crippen LogP contribution in [0.4, 0.5) is 17.2 Å². The smallest absolute Gasteiger partial charge is 0.257 e. The van der Waals surface area contributed by atoms with E-state index < -0.39 is 0 Å². The van der Waals surface area contributed by atoms with Gasteiger partial charge in [0.05, 0.1) is 37.7 Å². The lowest BCUT2D eigenvalue weighted by atomic mass is 10.2. The summed E-state index contributed by atoms with van der Waals surface area (Å²) in [5.74, 6) is 1.15. The number of rotatable bonds is 6. The zero-order valence-corrected chi connectivity index (χ0v) is 15.4. The molecule has 7 heteroatoms. The van der Waals surface area contributed by atoms with Crippen LogP contribution in [-0.2, 0) is 0 Å². The van der Waals surface area contributed by atoms with E-state index >= 15 is 0 Å². The molecule has 0 unspecified atom stereocenters. The molecule has 1 heterocycles. The Bertz CT molecular complexity index is 987. The summed E-state index contributed by atoms with van der Waals surface area (Å²) in [6.07, 6.45) is 1.61. The first-order valence-corrected chi connectivity index (χ1v) is 8.39. The van der Waals surface area contributed by atoms with Crippen LogP contribution in [0.1, 0.15) is 15.9 Å². The fraction of sp³-hybridized carbons (Fsp3) is 0.0952. The van der Waals surface area contributed by atoms with E-state index in [0.29, 0.717) is 28.4 Å². The molecule has 0 aliphatic heterocycles. The maximum absolute atomic E-state index is 12.5. The third-order valence-electron chi connectivity index (χ3n) is 3.92. The fourth-order valence-corrected chi connectivity index (χ4v) is 2.46. The van der Waals surface area contributed by atoms with Crippen LogP contribution in [0.25, 0.3) is 0 Å². The van der Waals surface area contributed by atoms with E-state index in [4.69, 9.17) is 14.7 Å². The molecule has 0 radical (unpaired) electrons. The molecule has 3 rings (SSSR count). The number of carbonyl (C=O) groups is 1. The van der Waals surface area contributed by atoms with E-state index in [1.807, 2.05) is 12.1 Å². The SMILES string of the molecule is COc1cc(OC)cc(C(=O)Nc2ccc(Nc3ccc(C#N)cc3)cn2)c1. The molecule has 0 bridgehead atoms. The first-order valence-electron chi connectivity index (χ1n) is 8.39. The zero-order chi connectivity index (χ0) is 19.9. The maximum atomic E-state index is 12.5. The average Bonchev–Trinajstić information content (AvgIpc) is 2.75. The van der Waals surface area contributed by atoms with Crippen LogP contribution in [0.5, 0.6) is 11.5 Å². The molecule has 0 aliphatic carbocycles. The van der Waals surface area contributed by atoms with E-state index in [9.17, 15) is 4.79 Å². The lowest BCUT2D eigenvalue weighted by Gasteiger charge is -2.10. The van der Waals surface area contributed by atoms with Gasteiger partial charge in [-0.2, -0.15) is 5.26 Å². The number of nitrogens with one attached hydrogen (secondary N) is 2. The maximum Gasteiger partial charge on any atom is 0.257 e. The lowest BCUT2D eigenvalue weighted by Crippen LogP contribution is -2.13. The second kappa shape index (κ2) is 8.56. The van der Waals surface area contributed by atoms with E-state index in [1.54, 1.807) is 48.7 Å². The van der Waals surface area contributed by atoms with Crippen LogP contribution in [0.15, 0.2) is 60.8 Å². The highest BCUT2D eigenvalue weighted by molar-refractivity contribution is 6.04. The normalized spacial score (nSPS) is 9.89. The third kappa shape index (κ3) is 4.56. The number of anilines is 3. The number of methoxy groups -OCH3 is 2. The van der Waals surface area contributed by atoms with Crippen molar-refractivity contribution < 1.29 is 14.3 Å². The van der Waals surface area contributed by atoms with E-state index in [1.165, 1.54) is 14.2 Å². The van der Waals surface area contributed by atoms with Gasteiger partial charge in [0.2, 0.25) is 0 Å². The number of ether oxygens (including phenoxy) is 2. The molecule has 0 aliphatic rings. The number of nitriles is 1. The standard InChI is InChI=1S/C21H18N4O3/c1-27-18-9-15(10-19(11-18)28-2)21(26)25-20-8-7-17(13-23-20)24-16-5-3-14(12-22)4-6-16/h3-11,13,24H,1-2H3,(H,23,25,26). The predicted molar refractivity (Wildman–Crippen MR) is 106 cm³/mol. The first-order chi connectivity index (χ1) is 13.6. The lowest BCUT2D eigenvalue weighted by molar-refractivity contribution is 0.102. The molecule has 0 atom stereocenters. The molecule has 7 nitrogen and oxygen atoms in total. The Morgan fingerprint density at radius 1 is 0.964 bits per heavy atom. The van der Waals surface area contributed by atoms with Gasteiger partial charge in [-0.1, -0.05) is 0 Å². The van der Waals surface area contributed by atoms with Crippen molar-refractivity contribution >= 4 is 23.1 Å². The summed E-state index contributed by atoms with van der Waals surface area (Å²) in [7, 11) is 3.05. The number of hydrogen-bond acceptors (Lipinski definition) is 6. The number of amides is 1. The van der Waals surface area contributed by atoms with Gasteiger partial charge < -0.3 is 20.1 Å². The topological polar surface area (TPSA) is 96.3 Å². The molecule has 2 aromatic carbocycles. The highest BCUT2D eigenvalue weighted by atomic mass is 16.5. The van der Waals surface area contributed by atoms with Crippen molar-refractivity contribution in [1.82, 2.24) is 4.98 Å². The summed E-state index contributed by atoms with van der Waals surface area (Å²) in [5, 5.41) is 14.8. The molecular formula is C21H18N4O3. The average molecular weight is 374 g/mol. The minimum Gasteiger partial charge on any atom is -0.497 e. The molecule has 0 fully saturated rings. The number of benzene rings is 2. The summed E-state index contributed by atoms with van der Waals surface area (Å²) in [6, 6.07) is 17.6. The number of nitrogens with zero attached hydrogens (tertiary/aromatic N) is 2. The van der Waals surface area contributed by atoms with Gasteiger partial charge in [0.1, 0.15) is 17.3 Å². The molecule has 0 spiro atoms. The molecule has 140 valence electrons. The summed E-state index contributed by atoms with van der Waals surface area (Å²) in [5.41, 5.74) is 2.58. The molecule has 0 saturated heterocycles. The number of aromatic nitrogens is 1. The van der Waals surface area contributed by atoms with Gasteiger partial charge in [-0.25, -0.2) is 4.98 Å². The summed E-state index contributed by atoms with van der Waals surface area (Å²) in [6.45, 7) is 0. The van der Waals surface area contributed by atoms with Crippen molar-refractivity contribution in [1.29, 1.82) is 5.26 Å². The van der Waals surface area contributed by atoms with Crippen molar-refractivity contribution in [2.24, 2.45) is 0 Å². The zero-order valence-electron chi connectivity index (χ0n) is 15.4.